The molecule has 10 rings (SSSR count). The van der Waals surface area contributed by atoms with Gasteiger partial charge in [0.15, 0.2) is 11.9 Å². The number of esters is 2. The number of urea groups is 1. The molecule has 0 unspecified atom stereocenters. The van der Waals surface area contributed by atoms with Crippen molar-refractivity contribution in [2.75, 3.05) is 32.1 Å². The minimum atomic E-state index is -2.18. The van der Waals surface area contributed by atoms with E-state index in [0.29, 0.717) is 54.4 Å². The first-order valence-electron chi connectivity index (χ1n) is 25.3. The van der Waals surface area contributed by atoms with Crippen LogP contribution in [0.15, 0.2) is 54.6 Å². The summed E-state index contributed by atoms with van der Waals surface area (Å²) in [6, 6.07) is 16.1. The van der Waals surface area contributed by atoms with E-state index in [0.717, 1.165) is 25.0 Å². The number of aliphatic hydroxyl groups is 2. The SMILES string of the molecule is C[C@@H]1[C@H](CCCC(=O)NCCOCCNC(=O)CCCC[C@@H]2SC[C@@H]3NC(=O)N[C@@H]32)O[C@@H]2[C@@H](O)[C@]34[C@@H]5C[C@@H](C(C)(C)C)[C@@]36[C@H](OC(=O)[C@@H]6OCc3ccc(C(=O)c6ccccc6)cc3)O[C@]4(C(=O)O5)[C@]12O. The van der Waals surface area contributed by atoms with Crippen LogP contribution < -0.4 is 21.3 Å². The number of ketones is 1. The van der Waals surface area contributed by atoms with Crippen molar-refractivity contribution in [1.82, 2.24) is 21.3 Å². The molecule has 4 amide bonds. The van der Waals surface area contributed by atoms with Crippen LogP contribution >= 0.6 is 11.8 Å². The molecule has 0 aromatic heterocycles. The molecule has 6 saturated heterocycles. The third-order valence-corrected chi connectivity index (χ3v) is 18.6. The Kier molecular flexibility index (Phi) is 13.4. The molecule has 8 aliphatic rings. The van der Waals surface area contributed by atoms with Crippen LogP contribution in [0.1, 0.15) is 101 Å². The van der Waals surface area contributed by atoms with Gasteiger partial charge >= 0.3 is 18.0 Å². The number of nitrogens with one attached hydrogen (secondary N) is 4. The number of unbranched alkanes of at least 4 members (excludes halogenated alkanes) is 1. The van der Waals surface area contributed by atoms with E-state index < -0.39 is 88.0 Å². The van der Waals surface area contributed by atoms with Gasteiger partial charge in [0.25, 0.3) is 0 Å². The van der Waals surface area contributed by atoms with E-state index in [1.165, 1.54) is 0 Å². The molecule has 71 heavy (non-hydrogen) atoms. The summed E-state index contributed by atoms with van der Waals surface area (Å²) in [6.45, 7) is 8.89. The molecular formula is C52H66N4O14S. The number of thioether (sulfide) groups is 1. The van der Waals surface area contributed by atoms with Crippen molar-refractivity contribution in [2.24, 2.45) is 28.1 Å². The fraction of sp³-hybridized carbons (Fsp3) is 0.654. The lowest BCUT2D eigenvalue weighted by molar-refractivity contribution is -0.240. The van der Waals surface area contributed by atoms with Crippen LogP contribution in [-0.2, 0) is 54.2 Å². The van der Waals surface area contributed by atoms with Gasteiger partial charge in [-0.3, -0.25) is 14.4 Å². The maximum absolute atomic E-state index is 14.6. The highest BCUT2D eigenvalue weighted by Crippen LogP contribution is 2.85. The number of rotatable bonds is 20. The number of fused-ring (bicyclic) bond motifs is 2. The fourth-order valence-electron chi connectivity index (χ4n) is 14.1. The van der Waals surface area contributed by atoms with Gasteiger partial charge in [0.05, 0.1) is 54.9 Å². The molecule has 19 heteroatoms. The van der Waals surface area contributed by atoms with Crippen LogP contribution in [0.4, 0.5) is 4.79 Å². The molecule has 2 aliphatic carbocycles. The van der Waals surface area contributed by atoms with E-state index >= 15 is 0 Å². The zero-order valence-electron chi connectivity index (χ0n) is 40.6. The summed E-state index contributed by atoms with van der Waals surface area (Å²) < 4.78 is 37.8. The Hall–Kier alpha value is -4.63. The maximum atomic E-state index is 14.6. The maximum Gasteiger partial charge on any atom is 0.342 e. The van der Waals surface area contributed by atoms with Crippen LogP contribution in [0.25, 0.3) is 0 Å². The van der Waals surface area contributed by atoms with E-state index in [9.17, 15) is 39.0 Å². The Labute approximate surface area is 417 Å². The van der Waals surface area contributed by atoms with Gasteiger partial charge in [-0.25, -0.2) is 14.4 Å². The largest absolute Gasteiger partial charge is 0.459 e. The number of aliphatic hydroxyl groups excluding tert-OH is 1. The van der Waals surface area contributed by atoms with E-state index in [4.69, 9.17) is 28.4 Å². The molecule has 15 atom stereocenters. The summed E-state index contributed by atoms with van der Waals surface area (Å²) in [7, 11) is 0. The van der Waals surface area contributed by atoms with Crippen molar-refractivity contribution in [2.45, 2.75) is 151 Å². The van der Waals surface area contributed by atoms with Crippen molar-refractivity contribution < 1.29 is 67.4 Å². The van der Waals surface area contributed by atoms with Gasteiger partial charge in [0.2, 0.25) is 23.7 Å². The second-order valence-corrected chi connectivity index (χ2v) is 23.0. The molecule has 384 valence electrons. The summed E-state index contributed by atoms with van der Waals surface area (Å²) in [5.41, 5.74) is -6.34. The number of carbonyl (C=O) groups is 6. The zero-order chi connectivity index (χ0) is 50.1. The Morgan fingerprint density at radius 2 is 1.58 bits per heavy atom. The van der Waals surface area contributed by atoms with Crippen LogP contribution in [0.2, 0.25) is 0 Å². The summed E-state index contributed by atoms with van der Waals surface area (Å²) in [6.07, 6.45) is -3.05. The number of amides is 4. The molecule has 6 aliphatic heterocycles. The minimum Gasteiger partial charge on any atom is -0.459 e. The molecule has 2 aromatic rings. The molecule has 2 spiro atoms. The van der Waals surface area contributed by atoms with Crippen molar-refractivity contribution in [3.63, 3.8) is 0 Å². The lowest BCUT2D eigenvalue weighted by Crippen LogP contribution is -2.67. The molecule has 0 bridgehead atoms. The van der Waals surface area contributed by atoms with Gasteiger partial charge in [-0.2, -0.15) is 11.8 Å². The summed E-state index contributed by atoms with van der Waals surface area (Å²) in [5, 5.41) is 38.1. The van der Waals surface area contributed by atoms with Gasteiger partial charge in [-0.1, -0.05) is 88.7 Å². The number of carbonyl (C=O) groups excluding carboxylic acids is 6. The van der Waals surface area contributed by atoms with Crippen LogP contribution in [0.3, 0.4) is 0 Å². The van der Waals surface area contributed by atoms with Crippen molar-refractivity contribution in [3.05, 3.63) is 71.3 Å². The molecular weight excluding hydrogens is 937 g/mol. The number of ether oxygens (including phenoxy) is 6. The normalized spacial score (nSPS) is 37.9. The van der Waals surface area contributed by atoms with Gasteiger partial charge < -0.3 is 59.9 Å². The van der Waals surface area contributed by atoms with E-state index in [1.54, 1.807) is 55.5 Å². The highest BCUT2D eigenvalue weighted by molar-refractivity contribution is 8.00. The Balaban J connectivity index is 0.724. The molecule has 2 aromatic carbocycles. The number of hydrogen-bond acceptors (Lipinski definition) is 15. The van der Waals surface area contributed by atoms with Crippen LogP contribution in [0, 0.1) is 28.1 Å². The average molecular weight is 1000 g/mol. The number of benzene rings is 2. The minimum absolute atomic E-state index is 0.0410. The lowest BCUT2D eigenvalue weighted by atomic mass is 9.50. The van der Waals surface area contributed by atoms with Crippen molar-refractivity contribution in [3.8, 4) is 0 Å². The Morgan fingerprint density at radius 1 is 0.887 bits per heavy atom. The molecule has 18 nitrogen and oxygen atoms in total. The zero-order valence-corrected chi connectivity index (χ0v) is 41.5. The summed E-state index contributed by atoms with van der Waals surface area (Å²) >= 11 is 1.86. The average Bonchev–Trinajstić information content (AvgIpc) is 4.20. The second kappa shape index (κ2) is 19.0. The predicted octanol–water partition coefficient (Wildman–Crippen LogP) is 3.07. The van der Waals surface area contributed by atoms with Gasteiger partial charge in [-0.05, 0) is 49.0 Å². The molecule has 6 heterocycles. The van der Waals surface area contributed by atoms with Gasteiger partial charge in [0, 0.05) is 54.0 Å². The molecule has 8 fully saturated rings. The topological polar surface area (TPSA) is 246 Å². The Bertz CT molecular complexity index is 2410. The predicted molar refractivity (Wildman–Crippen MR) is 254 cm³/mol. The monoisotopic (exact) mass is 1000 g/mol. The highest BCUT2D eigenvalue weighted by atomic mass is 32.2. The van der Waals surface area contributed by atoms with E-state index in [2.05, 4.69) is 21.3 Å². The van der Waals surface area contributed by atoms with E-state index in [1.807, 2.05) is 38.6 Å². The first kappa shape index (κ1) is 49.9. The standard InChI is InChI=1S/C52H66N4O14S/c1-28-33(13-10-16-38(58)54-22-24-65-23-21-53-37(57)15-9-8-14-34-39-32(27-71-34)55-47(63)56-39)67-42-41(60)50-36-25-35(48(2,3)4)49(50)43(44(61)69-46(49)70-52(50,45(62)68-36)51(28,42)64)66-26-29-17-19-31(20-18-29)40(59)30-11-6-5-7-12-30/h5-7,11-12,17-20,28,32-36,39,41-43,46,60,64H,8-10,13-16,21-27H2,1-4H3,(H,53,57)(H,54,58)(H2,55,56,63)/t28-,32+,33+,34+,35+,36+,39+,41-,42-,43+,46-,49-,50-,51+,52+/m1/s1. The molecule has 0 radical (unpaired) electrons. The van der Waals surface area contributed by atoms with Gasteiger partial charge in [0.1, 0.15) is 17.8 Å². The summed E-state index contributed by atoms with van der Waals surface area (Å²) in [5.74, 6) is -2.28. The fourth-order valence-corrected chi connectivity index (χ4v) is 15.6. The van der Waals surface area contributed by atoms with Crippen LogP contribution in [-0.4, -0.2) is 143 Å². The lowest BCUT2D eigenvalue weighted by Gasteiger charge is -2.49. The second-order valence-electron chi connectivity index (χ2n) is 21.7. The third-order valence-electron chi connectivity index (χ3n) is 17.1. The van der Waals surface area contributed by atoms with Crippen molar-refractivity contribution >= 4 is 47.3 Å². The highest BCUT2D eigenvalue weighted by Gasteiger charge is 3.03. The number of hydrogen-bond donors (Lipinski definition) is 6. The first-order chi connectivity index (χ1) is 34.0. The Morgan fingerprint density at radius 3 is 2.28 bits per heavy atom. The molecule has 2 saturated carbocycles. The van der Waals surface area contributed by atoms with Crippen molar-refractivity contribution in [1.29, 1.82) is 0 Å². The van der Waals surface area contributed by atoms with E-state index in [-0.39, 0.29) is 68.3 Å². The van der Waals surface area contributed by atoms with Crippen LogP contribution in [0.5, 0.6) is 0 Å². The summed E-state index contributed by atoms with van der Waals surface area (Å²) in [4.78, 5) is 78.7. The van der Waals surface area contributed by atoms with Gasteiger partial charge in [-0.15, -0.1) is 0 Å². The quantitative estimate of drug-likeness (QED) is 0.0483. The first-order valence-corrected chi connectivity index (χ1v) is 26.3. The molecule has 6 N–H and O–H groups in total. The smallest absolute Gasteiger partial charge is 0.342 e. The third kappa shape index (κ3) is 7.72.